The van der Waals surface area contributed by atoms with Crippen LogP contribution >= 0.6 is 0 Å². The van der Waals surface area contributed by atoms with Crippen molar-refractivity contribution in [3.8, 4) is 6.07 Å². The quantitative estimate of drug-likeness (QED) is 0.617. The Labute approximate surface area is 103 Å². The topological polar surface area (TPSA) is 76.9 Å². The smallest absolute Gasteiger partial charge is 0.139 e. The number of aromatic nitrogens is 2. The van der Waals surface area contributed by atoms with Crippen molar-refractivity contribution in [3.63, 3.8) is 0 Å². The molecule has 0 saturated heterocycles. The van der Waals surface area contributed by atoms with Gasteiger partial charge in [0.1, 0.15) is 12.8 Å². The highest BCUT2D eigenvalue weighted by molar-refractivity contribution is 6.76. The van der Waals surface area contributed by atoms with Crippen LogP contribution in [0, 0.1) is 11.3 Å². The Kier molecular flexibility index (Phi) is 4.87. The van der Waals surface area contributed by atoms with Crippen LogP contribution in [0.5, 0.6) is 0 Å². The van der Waals surface area contributed by atoms with Crippen molar-refractivity contribution in [1.82, 2.24) is 9.78 Å². The summed E-state index contributed by atoms with van der Waals surface area (Å²) in [4.78, 5) is 0. The Morgan fingerprint density at radius 3 is 2.88 bits per heavy atom. The van der Waals surface area contributed by atoms with E-state index in [1.54, 1.807) is 17.1 Å². The number of hydrogen-bond acceptors (Lipinski definition) is 4. The molecule has 0 aliphatic heterocycles. The molecule has 6 heteroatoms. The predicted molar refractivity (Wildman–Crippen MR) is 68.9 cm³/mol. The van der Waals surface area contributed by atoms with Crippen molar-refractivity contribution in [2.75, 3.05) is 6.61 Å². The van der Waals surface area contributed by atoms with Crippen molar-refractivity contribution in [3.05, 3.63) is 18.0 Å². The van der Waals surface area contributed by atoms with Crippen LogP contribution in [0.25, 0.3) is 0 Å². The van der Waals surface area contributed by atoms with Gasteiger partial charge in [-0.15, -0.1) is 0 Å². The first-order valence-electron chi connectivity index (χ1n) is 5.68. The summed E-state index contributed by atoms with van der Waals surface area (Å²) < 4.78 is 7.20. The van der Waals surface area contributed by atoms with Crippen LogP contribution in [0.15, 0.2) is 12.4 Å². The zero-order valence-corrected chi connectivity index (χ0v) is 11.7. The minimum absolute atomic E-state index is 0.419. The van der Waals surface area contributed by atoms with E-state index in [4.69, 9.17) is 15.7 Å². The van der Waals surface area contributed by atoms with Crippen molar-refractivity contribution < 1.29 is 4.74 Å². The second-order valence-corrected chi connectivity index (χ2v) is 10.9. The number of rotatable bonds is 6. The first-order chi connectivity index (χ1) is 7.92. The molecule has 94 valence electrons. The lowest BCUT2D eigenvalue weighted by Crippen LogP contribution is -2.22. The number of nitrogens with two attached hydrogens (primary N) is 1. The van der Waals surface area contributed by atoms with E-state index in [0.717, 1.165) is 18.2 Å². The summed E-state index contributed by atoms with van der Waals surface area (Å²) >= 11 is 0. The molecule has 1 atom stereocenters. The molecule has 1 aromatic heterocycles. The van der Waals surface area contributed by atoms with Gasteiger partial charge in [0.2, 0.25) is 0 Å². The third-order valence-corrected chi connectivity index (χ3v) is 4.08. The molecule has 0 amide bonds. The van der Waals surface area contributed by atoms with E-state index in [1.165, 1.54) is 0 Å². The Hall–Kier alpha value is -1.16. The van der Waals surface area contributed by atoms with E-state index >= 15 is 0 Å². The molecule has 0 radical (unpaired) electrons. The lowest BCUT2D eigenvalue weighted by Gasteiger charge is -2.15. The summed E-state index contributed by atoms with van der Waals surface area (Å²) in [5.74, 6) is 0. The molecule has 5 nitrogen and oxygen atoms in total. The zero-order chi connectivity index (χ0) is 12.9. The maximum Gasteiger partial charge on any atom is 0.139 e. The maximum absolute atomic E-state index is 8.66. The highest BCUT2D eigenvalue weighted by Crippen LogP contribution is 2.09. The van der Waals surface area contributed by atoms with E-state index in [1.807, 2.05) is 6.07 Å². The number of hydrogen-bond donors (Lipinski definition) is 1. The maximum atomic E-state index is 8.66. The number of nitriles is 1. The molecule has 17 heavy (non-hydrogen) atoms. The van der Waals surface area contributed by atoms with Crippen LogP contribution in [0.3, 0.4) is 0 Å². The molecule has 0 aliphatic carbocycles. The molecule has 1 aromatic rings. The Bertz CT molecular complexity index is 391. The molecule has 0 spiro atoms. The minimum Gasteiger partial charge on any atom is -0.360 e. The standard InChI is InChI=1S/C11H20N4OSi/c1-17(2,3)5-4-16-9-15-8-10(7-14-15)11(13)6-12/h7-8,11H,4-5,9,13H2,1-3H3. The first kappa shape index (κ1) is 13.9. The summed E-state index contributed by atoms with van der Waals surface area (Å²) in [5.41, 5.74) is 6.29. The summed E-state index contributed by atoms with van der Waals surface area (Å²) in [7, 11) is -1.03. The lowest BCUT2D eigenvalue weighted by molar-refractivity contribution is 0.0785. The molecule has 0 bridgehead atoms. The fourth-order valence-corrected chi connectivity index (χ4v) is 1.98. The molecular formula is C11H20N4OSi. The summed E-state index contributed by atoms with van der Waals surface area (Å²) in [5, 5.41) is 12.8. The number of nitrogens with zero attached hydrogens (tertiary/aromatic N) is 3. The monoisotopic (exact) mass is 252 g/mol. The molecule has 1 unspecified atom stereocenters. The van der Waals surface area contributed by atoms with E-state index in [9.17, 15) is 0 Å². The minimum atomic E-state index is -1.03. The summed E-state index contributed by atoms with van der Waals surface area (Å²) in [6.07, 6.45) is 3.36. The molecule has 1 rings (SSSR count). The van der Waals surface area contributed by atoms with Gasteiger partial charge in [0.25, 0.3) is 0 Å². The van der Waals surface area contributed by atoms with Gasteiger partial charge < -0.3 is 10.5 Å². The van der Waals surface area contributed by atoms with Gasteiger partial charge in [-0.25, -0.2) is 4.68 Å². The molecule has 0 saturated carbocycles. The van der Waals surface area contributed by atoms with E-state index in [0.29, 0.717) is 6.73 Å². The molecule has 1 heterocycles. The Morgan fingerprint density at radius 2 is 2.29 bits per heavy atom. The van der Waals surface area contributed by atoms with Gasteiger partial charge in [0.15, 0.2) is 0 Å². The van der Waals surface area contributed by atoms with Crippen LogP contribution in [0.2, 0.25) is 25.7 Å². The van der Waals surface area contributed by atoms with E-state index in [2.05, 4.69) is 24.7 Å². The largest absolute Gasteiger partial charge is 0.360 e. The van der Waals surface area contributed by atoms with Crippen molar-refractivity contribution in [2.45, 2.75) is 38.5 Å². The second kappa shape index (κ2) is 5.96. The fraction of sp³-hybridized carbons (Fsp3) is 0.636. The van der Waals surface area contributed by atoms with Gasteiger partial charge in [-0.3, -0.25) is 0 Å². The highest BCUT2D eigenvalue weighted by Gasteiger charge is 2.12. The highest BCUT2D eigenvalue weighted by atomic mass is 28.3. The lowest BCUT2D eigenvalue weighted by atomic mass is 10.2. The normalized spacial score (nSPS) is 13.4. The van der Waals surface area contributed by atoms with Crippen molar-refractivity contribution in [1.29, 1.82) is 5.26 Å². The Balaban J connectivity index is 2.33. The van der Waals surface area contributed by atoms with Gasteiger partial charge in [0.05, 0.1) is 12.3 Å². The summed E-state index contributed by atoms with van der Waals surface area (Å²) in [6.45, 7) is 8.12. The SMILES string of the molecule is C[Si](C)(C)CCOCn1cc(C(N)C#N)cn1. The number of ether oxygens (including phenoxy) is 1. The van der Waals surface area contributed by atoms with Crippen LogP contribution < -0.4 is 5.73 Å². The first-order valence-corrected chi connectivity index (χ1v) is 9.38. The predicted octanol–water partition coefficient (Wildman–Crippen LogP) is 1.72. The van der Waals surface area contributed by atoms with E-state index in [-0.39, 0.29) is 0 Å². The average molecular weight is 252 g/mol. The molecule has 2 N–H and O–H groups in total. The van der Waals surface area contributed by atoms with Crippen LogP contribution in [-0.2, 0) is 11.5 Å². The third-order valence-electron chi connectivity index (χ3n) is 2.37. The third kappa shape index (κ3) is 5.13. The van der Waals surface area contributed by atoms with Gasteiger partial charge in [-0.2, -0.15) is 10.4 Å². The van der Waals surface area contributed by atoms with E-state index < -0.39 is 14.1 Å². The zero-order valence-electron chi connectivity index (χ0n) is 10.7. The Morgan fingerprint density at radius 1 is 1.59 bits per heavy atom. The fourth-order valence-electron chi connectivity index (χ4n) is 1.22. The van der Waals surface area contributed by atoms with Gasteiger partial charge >= 0.3 is 0 Å². The molecule has 0 aliphatic rings. The van der Waals surface area contributed by atoms with Gasteiger partial charge in [-0.05, 0) is 6.04 Å². The van der Waals surface area contributed by atoms with Gasteiger partial charge in [0, 0.05) is 26.4 Å². The molecular weight excluding hydrogens is 232 g/mol. The second-order valence-electron chi connectivity index (χ2n) is 5.27. The van der Waals surface area contributed by atoms with Crippen LogP contribution in [0.1, 0.15) is 11.6 Å². The van der Waals surface area contributed by atoms with Crippen LogP contribution in [-0.4, -0.2) is 24.5 Å². The van der Waals surface area contributed by atoms with Crippen molar-refractivity contribution >= 4 is 8.07 Å². The average Bonchev–Trinajstić information content (AvgIpc) is 2.70. The summed E-state index contributed by atoms with van der Waals surface area (Å²) in [6, 6.07) is 2.50. The van der Waals surface area contributed by atoms with Crippen molar-refractivity contribution in [2.24, 2.45) is 5.73 Å². The van der Waals surface area contributed by atoms with Crippen LogP contribution in [0.4, 0.5) is 0 Å². The molecule has 0 aromatic carbocycles. The van der Waals surface area contributed by atoms with Gasteiger partial charge in [-0.1, -0.05) is 19.6 Å². The molecule has 0 fully saturated rings.